The van der Waals surface area contributed by atoms with Crippen LogP contribution in [-0.2, 0) is 25.5 Å². The van der Waals surface area contributed by atoms with E-state index < -0.39 is 6.29 Å². The molecular formula is C18H28N2O4. The van der Waals surface area contributed by atoms with Gasteiger partial charge in [-0.05, 0) is 25.8 Å². The van der Waals surface area contributed by atoms with E-state index in [1.807, 2.05) is 44.2 Å². The number of rotatable bonds is 11. The first kappa shape index (κ1) is 20.1. The first-order valence-corrected chi connectivity index (χ1v) is 8.36. The fourth-order valence-corrected chi connectivity index (χ4v) is 2.24. The molecule has 0 saturated carbocycles. The Labute approximate surface area is 144 Å². The fourth-order valence-electron chi connectivity index (χ4n) is 2.24. The van der Waals surface area contributed by atoms with Crippen molar-refractivity contribution in [2.45, 2.75) is 33.5 Å². The van der Waals surface area contributed by atoms with Crippen LogP contribution in [0.1, 0.15) is 26.3 Å². The van der Waals surface area contributed by atoms with Gasteiger partial charge in [0.15, 0.2) is 6.29 Å². The summed E-state index contributed by atoms with van der Waals surface area (Å²) in [5.41, 5.74) is 1.15. The van der Waals surface area contributed by atoms with Crippen LogP contribution >= 0.6 is 0 Å². The molecule has 6 heteroatoms. The zero-order valence-electron chi connectivity index (χ0n) is 14.8. The van der Waals surface area contributed by atoms with Crippen molar-refractivity contribution >= 4 is 11.8 Å². The normalized spacial score (nSPS) is 10.7. The SMILES string of the molecule is CCOC(CN(CCc1ccccc1)C(=O)CNC(C)=O)OCC. The minimum atomic E-state index is -0.461. The van der Waals surface area contributed by atoms with Gasteiger partial charge in [-0.15, -0.1) is 0 Å². The maximum atomic E-state index is 12.4. The Kier molecular flexibility index (Phi) is 9.72. The maximum absolute atomic E-state index is 12.4. The third kappa shape index (κ3) is 8.08. The number of hydrogen-bond donors (Lipinski definition) is 1. The Hall–Kier alpha value is -1.92. The Morgan fingerprint density at radius 2 is 1.75 bits per heavy atom. The second-order valence-corrected chi connectivity index (χ2v) is 5.33. The molecule has 0 spiro atoms. The molecule has 0 aliphatic heterocycles. The number of hydrogen-bond acceptors (Lipinski definition) is 4. The van der Waals surface area contributed by atoms with Crippen molar-refractivity contribution < 1.29 is 19.1 Å². The monoisotopic (exact) mass is 336 g/mol. The first-order chi connectivity index (χ1) is 11.6. The van der Waals surface area contributed by atoms with Gasteiger partial charge in [-0.2, -0.15) is 0 Å². The Morgan fingerprint density at radius 3 is 2.29 bits per heavy atom. The van der Waals surface area contributed by atoms with Crippen molar-refractivity contribution in [3.8, 4) is 0 Å². The van der Waals surface area contributed by atoms with E-state index in [1.54, 1.807) is 4.90 Å². The van der Waals surface area contributed by atoms with Crippen LogP contribution < -0.4 is 5.32 Å². The number of carbonyl (C=O) groups is 2. The smallest absolute Gasteiger partial charge is 0.242 e. The average Bonchev–Trinajstić information content (AvgIpc) is 2.57. The molecule has 1 N–H and O–H groups in total. The van der Waals surface area contributed by atoms with Gasteiger partial charge in [-0.1, -0.05) is 30.3 Å². The summed E-state index contributed by atoms with van der Waals surface area (Å²) < 4.78 is 11.1. The highest BCUT2D eigenvalue weighted by atomic mass is 16.7. The molecule has 0 atom stereocenters. The van der Waals surface area contributed by atoms with E-state index in [0.29, 0.717) is 26.3 Å². The van der Waals surface area contributed by atoms with Gasteiger partial charge in [0.05, 0.1) is 13.1 Å². The molecule has 0 bridgehead atoms. The minimum absolute atomic E-state index is 0.0188. The lowest BCUT2D eigenvalue weighted by molar-refractivity contribution is -0.158. The van der Waals surface area contributed by atoms with Gasteiger partial charge < -0.3 is 19.7 Å². The van der Waals surface area contributed by atoms with Crippen molar-refractivity contribution in [2.24, 2.45) is 0 Å². The fraction of sp³-hybridized carbons (Fsp3) is 0.556. The van der Waals surface area contributed by atoms with Crippen molar-refractivity contribution in [2.75, 3.05) is 32.8 Å². The van der Waals surface area contributed by atoms with E-state index in [9.17, 15) is 9.59 Å². The highest BCUT2D eigenvalue weighted by Crippen LogP contribution is 2.05. The van der Waals surface area contributed by atoms with Crippen LogP contribution in [0.4, 0.5) is 0 Å². The Balaban J connectivity index is 2.69. The van der Waals surface area contributed by atoms with Crippen molar-refractivity contribution in [3.63, 3.8) is 0 Å². The number of nitrogens with zero attached hydrogens (tertiary/aromatic N) is 1. The van der Waals surface area contributed by atoms with Gasteiger partial charge in [0, 0.05) is 26.7 Å². The molecule has 0 saturated heterocycles. The highest BCUT2D eigenvalue weighted by Gasteiger charge is 2.19. The summed E-state index contributed by atoms with van der Waals surface area (Å²) in [6.07, 6.45) is 0.273. The number of nitrogens with one attached hydrogen (secondary N) is 1. The molecule has 0 fully saturated rings. The van der Waals surface area contributed by atoms with Crippen LogP contribution in [0.2, 0.25) is 0 Å². The highest BCUT2D eigenvalue weighted by molar-refractivity contribution is 5.83. The Morgan fingerprint density at radius 1 is 1.12 bits per heavy atom. The summed E-state index contributed by atoms with van der Waals surface area (Å²) in [6, 6.07) is 9.96. The second kappa shape index (κ2) is 11.6. The molecule has 0 aliphatic rings. The molecule has 134 valence electrons. The third-order valence-electron chi connectivity index (χ3n) is 3.43. The molecule has 2 amide bonds. The standard InChI is InChI=1S/C18H28N2O4/c1-4-23-18(24-5-2)14-20(17(22)13-19-15(3)21)12-11-16-9-7-6-8-10-16/h6-10,18H,4-5,11-14H2,1-3H3,(H,19,21). The number of ether oxygens (including phenoxy) is 2. The summed E-state index contributed by atoms with van der Waals surface area (Å²) in [6.45, 7) is 7.05. The Bertz CT molecular complexity index is 487. The molecule has 0 heterocycles. The summed E-state index contributed by atoms with van der Waals surface area (Å²) >= 11 is 0. The number of carbonyl (C=O) groups excluding carboxylic acids is 2. The lowest BCUT2D eigenvalue weighted by atomic mass is 10.1. The number of amides is 2. The quantitative estimate of drug-likeness (QED) is 0.623. The van der Waals surface area contributed by atoms with E-state index in [-0.39, 0.29) is 18.4 Å². The molecule has 6 nitrogen and oxygen atoms in total. The molecule has 0 unspecified atom stereocenters. The van der Waals surface area contributed by atoms with Crippen molar-refractivity contribution in [1.82, 2.24) is 10.2 Å². The summed E-state index contributed by atoms with van der Waals surface area (Å²) in [5, 5.41) is 2.55. The molecule has 0 aliphatic carbocycles. The van der Waals surface area contributed by atoms with Crippen LogP contribution in [0.5, 0.6) is 0 Å². The summed E-state index contributed by atoms with van der Waals surface area (Å²) in [5.74, 6) is -0.372. The zero-order valence-corrected chi connectivity index (χ0v) is 14.8. The molecule has 1 aromatic rings. The lowest BCUT2D eigenvalue weighted by Crippen LogP contribution is -2.45. The van der Waals surface area contributed by atoms with E-state index >= 15 is 0 Å². The third-order valence-corrected chi connectivity index (χ3v) is 3.43. The van der Waals surface area contributed by atoms with Crippen LogP contribution in [-0.4, -0.2) is 55.9 Å². The van der Waals surface area contributed by atoms with Gasteiger partial charge in [0.1, 0.15) is 0 Å². The predicted octanol–water partition coefficient (Wildman–Crippen LogP) is 1.59. The number of benzene rings is 1. The van der Waals surface area contributed by atoms with E-state index in [2.05, 4.69) is 5.32 Å². The summed E-state index contributed by atoms with van der Waals surface area (Å²) in [4.78, 5) is 25.1. The maximum Gasteiger partial charge on any atom is 0.242 e. The van der Waals surface area contributed by atoms with Crippen molar-refractivity contribution in [3.05, 3.63) is 35.9 Å². The molecule has 1 aromatic carbocycles. The van der Waals surface area contributed by atoms with E-state index in [4.69, 9.17) is 9.47 Å². The minimum Gasteiger partial charge on any atom is -0.351 e. The van der Waals surface area contributed by atoms with Crippen LogP contribution in [0.3, 0.4) is 0 Å². The lowest BCUT2D eigenvalue weighted by Gasteiger charge is -2.27. The average molecular weight is 336 g/mol. The second-order valence-electron chi connectivity index (χ2n) is 5.33. The van der Waals surface area contributed by atoms with Gasteiger partial charge >= 0.3 is 0 Å². The van der Waals surface area contributed by atoms with Gasteiger partial charge in [0.25, 0.3) is 0 Å². The van der Waals surface area contributed by atoms with Crippen LogP contribution in [0, 0.1) is 0 Å². The predicted molar refractivity (Wildman–Crippen MR) is 92.4 cm³/mol. The van der Waals surface area contributed by atoms with Gasteiger partial charge in [-0.3, -0.25) is 9.59 Å². The first-order valence-electron chi connectivity index (χ1n) is 8.36. The zero-order chi connectivity index (χ0) is 17.8. The summed E-state index contributed by atoms with van der Waals surface area (Å²) in [7, 11) is 0. The molecule has 0 radical (unpaired) electrons. The molecule has 0 aromatic heterocycles. The van der Waals surface area contributed by atoms with E-state index in [0.717, 1.165) is 12.0 Å². The van der Waals surface area contributed by atoms with Crippen molar-refractivity contribution in [1.29, 1.82) is 0 Å². The van der Waals surface area contributed by atoms with E-state index in [1.165, 1.54) is 6.92 Å². The largest absolute Gasteiger partial charge is 0.351 e. The van der Waals surface area contributed by atoms with Gasteiger partial charge in [-0.25, -0.2) is 0 Å². The molecule has 24 heavy (non-hydrogen) atoms. The topological polar surface area (TPSA) is 67.9 Å². The molecule has 1 rings (SSSR count). The van der Waals surface area contributed by atoms with Crippen LogP contribution in [0.15, 0.2) is 30.3 Å². The molecular weight excluding hydrogens is 308 g/mol. The van der Waals surface area contributed by atoms with Gasteiger partial charge in [0.2, 0.25) is 11.8 Å². The van der Waals surface area contributed by atoms with Crippen LogP contribution in [0.25, 0.3) is 0 Å².